The molecular weight excluding hydrogens is 350 g/mol. The fraction of sp³-hybridized carbons (Fsp3) is 0.421. The number of nitrogens with zero attached hydrogens (tertiary/aromatic N) is 2. The molecule has 0 bridgehead atoms. The highest BCUT2D eigenvalue weighted by atomic mass is 32.2. The highest BCUT2D eigenvalue weighted by molar-refractivity contribution is 7.92. The SMILES string of the molecule is Cc1cccc(NS(=O)(=O)c2cc3n(c2)CCN(CC(C)C)C3=O)c1C. The second-order valence-corrected chi connectivity index (χ2v) is 8.93. The summed E-state index contributed by atoms with van der Waals surface area (Å²) in [7, 11) is -3.75. The van der Waals surface area contributed by atoms with E-state index in [1.54, 1.807) is 21.7 Å². The molecule has 0 radical (unpaired) electrons. The normalized spacial score (nSPS) is 14.7. The van der Waals surface area contributed by atoms with Crippen LogP contribution in [0.5, 0.6) is 0 Å². The molecule has 0 atom stereocenters. The van der Waals surface area contributed by atoms with Gasteiger partial charge in [0.05, 0.1) is 5.69 Å². The van der Waals surface area contributed by atoms with Gasteiger partial charge in [0.2, 0.25) is 0 Å². The van der Waals surface area contributed by atoms with Gasteiger partial charge in [-0.2, -0.15) is 0 Å². The Balaban J connectivity index is 1.89. The van der Waals surface area contributed by atoms with Crippen LogP contribution in [0.2, 0.25) is 0 Å². The summed E-state index contributed by atoms with van der Waals surface area (Å²) in [6.45, 7) is 9.82. The molecule has 1 aliphatic heterocycles. The molecule has 0 saturated heterocycles. The number of amides is 1. The first-order valence-electron chi connectivity index (χ1n) is 8.77. The van der Waals surface area contributed by atoms with Crippen molar-refractivity contribution >= 4 is 21.6 Å². The number of rotatable bonds is 5. The zero-order valence-electron chi connectivity index (χ0n) is 15.6. The third kappa shape index (κ3) is 3.49. The van der Waals surface area contributed by atoms with Crippen molar-refractivity contribution in [3.63, 3.8) is 0 Å². The molecule has 0 aliphatic carbocycles. The number of anilines is 1. The quantitative estimate of drug-likeness (QED) is 0.873. The van der Waals surface area contributed by atoms with E-state index in [1.807, 2.05) is 26.0 Å². The van der Waals surface area contributed by atoms with Gasteiger partial charge in [-0.3, -0.25) is 9.52 Å². The van der Waals surface area contributed by atoms with E-state index in [4.69, 9.17) is 0 Å². The van der Waals surface area contributed by atoms with Crippen LogP contribution in [0.3, 0.4) is 0 Å². The molecule has 2 aromatic rings. The van der Waals surface area contributed by atoms with Crippen LogP contribution in [-0.4, -0.2) is 36.9 Å². The third-order valence-electron chi connectivity index (χ3n) is 4.73. The Morgan fingerprint density at radius 2 is 1.92 bits per heavy atom. The lowest BCUT2D eigenvalue weighted by Crippen LogP contribution is -2.41. The number of carbonyl (C=O) groups is 1. The molecule has 0 unspecified atom stereocenters. The Hall–Kier alpha value is -2.28. The Morgan fingerprint density at radius 3 is 2.62 bits per heavy atom. The van der Waals surface area contributed by atoms with Gasteiger partial charge in [0.15, 0.2) is 0 Å². The highest BCUT2D eigenvalue weighted by Gasteiger charge is 2.28. The zero-order valence-corrected chi connectivity index (χ0v) is 16.4. The first-order valence-corrected chi connectivity index (χ1v) is 10.3. The largest absolute Gasteiger partial charge is 0.340 e. The summed E-state index contributed by atoms with van der Waals surface area (Å²) < 4.78 is 30.0. The van der Waals surface area contributed by atoms with E-state index >= 15 is 0 Å². The van der Waals surface area contributed by atoms with E-state index in [0.717, 1.165) is 11.1 Å². The van der Waals surface area contributed by atoms with Crippen molar-refractivity contribution in [1.29, 1.82) is 0 Å². The van der Waals surface area contributed by atoms with Gasteiger partial charge in [0, 0.05) is 25.8 Å². The van der Waals surface area contributed by atoms with Gasteiger partial charge in [0.25, 0.3) is 15.9 Å². The van der Waals surface area contributed by atoms with Crippen molar-refractivity contribution in [3.05, 3.63) is 47.3 Å². The minimum atomic E-state index is -3.75. The Bertz CT molecular complexity index is 945. The van der Waals surface area contributed by atoms with Gasteiger partial charge in [-0.15, -0.1) is 0 Å². The number of fused-ring (bicyclic) bond motifs is 1. The molecule has 26 heavy (non-hydrogen) atoms. The molecule has 140 valence electrons. The van der Waals surface area contributed by atoms with E-state index < -0.39 is 10.0 Å². The number of nitrogens with one attached hydrogen (secondary N) is 1. The molecule has 0 fully saturated rings. The topological polar surface area (TPSA) is 71.4 Å². The molecule has 1 aromatic carbocycles. The molecular formula is C19H25N3O3S. The second-order valence-electron chi connectivity index (χ2n) is 7.25. The number of benzene rings is 1. The van der Waals surface area contributed by atoms with Crippen LogP contribution in [0.25, 0.3) is 0 Å². The molecule has 2 heterocycles. The number of aryl methyl sites for hydroxylation is 1. The van der Waals surface area contributed by atoms with E-state index in [2.05, 4.69) is 18.6 Å². The summed E-state index contributed by atoms with van der Waals surface area (Å²) in [6.07, 6.45) is 1.55. The minimum Gasteiger partial charge on any atom is -0.340 e. The Labute approximate surface area is 154 Å². The van der Waals surface area contributed by atoms with Crippen LogP contribution in [0.15, 0.2) is 35.4 Å². The van der Waals surface area contributed by atoms with Gasteiger partial charge in [-0.1, -0.05) is 26.0 Å². The number of hydrogen-bond acceptors (Lipinski definition) is 3. The van der Waals surface area contributed by atoms with Gasteiger partial charge < -0.3 is 9.47 Å². The lowest BCUT2D eigenvalue weighted by Gasteiger charge is -2.29. The maximum Gasteiger partial charge on any atom is 0.270 e. The lowest BCUT2D eigenvalue weighted by atomic mass is 10.1. The molecule has 7 heteroatoms. The average molecular weight is 375 g/mol. The lowest BCUT2D eigenvalue weighted by molar-refractivity contribution is 0.0683. The molecule has 1 N–H and O–H groups in total. The summed E-state index contributed by atoms with van der Waals surface area (Å²) in [6, 6.07) is 6.97. The van der Waals surface area contributed by atoms with Crippen LogP contribution in [-0.2, 0) is 16.6 Å². The standard InChI is InChI=1S/C19H25N3O3S/c1-13(2)11-22-9-8-21-12-16(10-18(21)19(22)23)26(24,25)20-17-7-5-6-14(3)15(17)4/h5-7,10,12-13,20H,8-9,11H2,1-4H3. The first kappa shape index (κ1) is 18.5. The van der Waals surface area contributed by atoms with Crippen molar-refractivity contribution in [2.24, 2.45) is 5.92 Å². The van der Waals surface area contributed by atoms with Gasteiger partial charge in [-0.25, -0.2) is 8.42 Å². The molecule has 0 saturated carbocycles. The summed E-state index contributed by atoms with van der Waals surface area (Å²) in [5.41, 5.74) is 2.89. The molecule has 1 aromatic heterocycles. The van der Waals surface area contributed by atoms with E-state index in [9.17, 15) is 13.2 Å². The predicted octanol–water partition coefficient (Wildman–Crippen LogP) is 3.02. The number of carbonyl (C=O) groups excluding carboxylic acids is 1. The maximum atomic E-state index is 12.8. The maximum absolute atomic E-state index is 12.8. The van der Waals surface area contributed by atoms with Gasteiger partial charge >= 0.3 is 0 Å². The number of hydrogen-bond donors (Lipinski definition) is 1. The van der Waals surface area contributed by atoms with Crippen LogP contribution in [0.4, 0.5) is 5.69 Å². The minimum absolute atomic E-state index is 0.113. The van der Waals surface area contributed by atoms with Crippen LogP contribution >= 0.6 is 0 Å². The third-order valence-corrected chi connectivity index (χ3v) is 6.07. The highest BCUT2D eigenvalue weighted by Crippen LogP contribution is 2.25. The molecule has 0 spiro atoms. The monoisotopic (exact) mass is 375 g/mol. The molecule has 3 rings (SSSR count). The fourth-order valence-electron chi connectivity index (χ4n) is 3.17. The van der Waals surface area contributed by atoms with E-state index in [0.29, 0.717) is 36.9 Å². The fourth-order valence-corrected chi connectivity index (χ4v) is 4.33. The number of aromatic nitrogens is 1. The molecule has 1 amide bonds. The van der Waals surface area contributed by atoms with E-state index in [-0.39, 0.29) is 10.8 Å². The zero-order chi connectivity index (χ0) is 19.1. The van der Waals surface area contributed by atoms with Crippen molar-refractivity contribution in [1.82, 2.24) is 9.47 Å². The second kappa shape index (κ2) is 6.79. The molecule has 6 nitrogen and oxygen atoms in total. The Morgan fingerprint density at radius 1 is 1.19 bits per heavy atom. The van der Waals surface area contributed by atoms with Crippen molar-refractivity contribution < 1.29 is 13.2 Å². The van der Waals surface area contributed by atoms with Crippen molar-refractivity contribution in [2.45, 2.75) is 39.1 Å². The van der Waals surface area contributed by atoms with Gasteiger partial charge in [0.1, 0.15) is 10.6 Å². The summed E-state index contributed by atoms with van der Waals surface area (Å²) in [5, 5.41) is 0. The van der Waals surface area contributed by atoms with Gasteiger partial charge in [-0.05, 0) is 43.0 Å². The van der Waals surface area contributed by atoms with Crippen molar-refractivity contribution in [3.8, 4) is 0 Å². The smallest absolute Gasteiger partial charge is 0.270 e. The summed E-state index contributed by atoms with van der Waals surface area (Å²) in [4.78, 5) is 14.5. The first-order chi connectivity index (χ1) is 12.2. The predicted molar refractivity (Wildman–Crippen MR) is 102 cm³/mol. The van der Waals surface area contributed by atoms with Crippen LogP contribution in [0, 0.1) is 19.8 Å². The summed E-state index contributed by atoms with van der Waals surface area (Å²) >= 11 is 0. The van der Waals surface area contributed by atoms with Crippen molar-refractivity contribution in [2.75, 3.05) is 17.8 Å². The van der Waals surface area contributed by atoms with Crippen LogP contribution in [0.1, 0.15) is 35.5 Å². The van der Waals surface area contributed by atoms with Crippen LogP contribution < -0.4 is 4.72 Å². The average Bonchev–Trinajstić information content (AvgIpc) is 3.00. The number of sulfonamides is 1. The van der Waals surface area contributed by atoms with E-state index in [1.165, 1.54) is 6.07 Å². The molecule has 1 aliphatic rings. The Kier molecular flexibility index (Phi) is 4.84. The summed E-state index contributed by atoms with van der Waals surface area (Å²) in [5.74, 6) is 0.257.